The van der Waals surface area contributed by atoms with Crippen LogP contribution in [-0.4, -0.2) is 16.9 Å². The summed E-state index contributed by atoms with van der Waals surface area (Å²) in [6.07, 6.45) is 1.50. The largest absolute Gasteiger partial charge is 0.481 e. The van der Waals surface area contributed by atoms with Crippen LogP contribution in [0.1, 0.15) is 29.6 Å². The van der Waals surface area contributed by atoms with E-state index in [0.717, 1.165) is 0 Å². The molecule has 2 rings (SSSR count). The first-order valence-electron chi connectivity index (χ1n) is 5.71. The minimum atomic E-state index is -0.842. The van der Waals surface area contributed by atoms with Gasteiger partial charge in [-0.15, -0.1) is 0 Å². The van der Waals surface area contributed by atoms with Gasteiger partial charge in [-0.3, -0.25) is 9.59 Å². The zero-order valence-electron chi connectivity index (χ0n) is 9.53. The lowest BCUT2D eigenvalue weighted by atomic mass is 9.95. The van der Waals surface area contributed by atoms with Gasteiger partial charge in [0.05, 0.1) is 10.4 Å². The molecule has 1 aromatic rings. The SMILES string of the molecule is O=C(O)C1CCC(C(=O)c2ccc(F)c(Br)c2)C1. The summed E-state index contributed by atoms with van der Waals surface area (Å²) in [6, 6.07) is 4.13. The van der Waals surface area contributed by atoms with Gasteiger partial charge in [0.2, 0.25) is 0 Å². The molecule has 5 heteroatoms. The van der Waals surface area contributed by atoms with Gasteiger partial charge in [0.25, 0.3) is 0 Å². The molecule has 2 unspecified atom stereocenters. The predicted octanol–water partition coefficient (Wildman–Crippen LogP) is 3.27. The first-order valence-corrected chi connectivity index (χ1v) is 6.50. The Morgan fingerprint density at radius 1 is 1.28 bits per heavy atom. The number of halogens is 2. The molecule has 0 spiro atoms. The summed E-state index contributed by atoms with van der Waals surface area (Å²) in [5.74, 6) is -2.04. The maximum atomic E-state index is 13.1. The van der Waals surface area contributed by atoms with E-state index in [2.05, 4.69) is 15.9 Å². The molecule has 0 aromatic heterocycles. The molecule has 0 radical (unpaired) electrons. The molecule has 1 fully saturated rings. The van der Waals surface area contributed by atoms with Crippen LogP contribution in [0.15, 0.2) is 22.7 Å². The van der Waals surface area contributed by atoms with Crippen LogP contribution in [0.3, 0.4) is 0 Å². The van der Waals surface area contributed by atoms with Crippen LogP contribution < -0.4 is 0 Å². The van der Waals surface area contributed by atoms with Gasteiger partial charge in [0.1, 0.15) is 5.82 Å². The van der Waals surface area contributed by atoms with E-state index in [-0.39, 0.29) is 16.2 Å². The molecule has 0 saturated heterocycles. The molecule has 0 aliphatic heterocycles. The first kappa shape index (κ1) is 13.2. The molecule has 1 aromatic carbocycles. The van der Waals surface area contributed by atoms with Gasteiger partial charge in [-0.05, 0) is 53.4 Å². The minimum absolute atomic E-state index is 0.0977. The second-order valence-corrected chi connectivity index (χ2v) is 5.39. The first-order chi connectivity index (χ1) is 8.49. The Labute approximate surface area is 112 Å². The normalized spacial score (nSPS) is 23.0. The number of Topliss-reactive ketones (excluding diaryl/α,β-unsaturated/α-hetero) is 1. The quantitative estimate of drug-likeness (QED) is 0.871. The number of carboxylic acids is 1. The fourth-order valence-corrected chi connectivity index (χ4v) is 2.71. The van der Waals surface area contributed by atoms with E-state index in [9.17, 15) is 14.0 Å². The topological polar surface area (TPSA) is 54.4 Å². The third kappa shape index (κ3) is 2.61. The molecule has 0 bridgehead atoms. The Morgan fingerprint density at radius 2 is 1.94 bits per heavy atom. The molecule has 1 aliphatic rings. The van der Waals surface area contributed by atoms with Crippen LogP contribution in [0.2, 0.25) is 0 Å². The summed E-state index contributed by atoms with van der Waals surface area (Å²) in [5, 5.41) is 8.90. The van der Waals surface area contributed by atoms with E-state index >= 15 is 0 Å². The number of hydrogen-bond acceptors (Lipinski definition) is 2. The molecule has 0 amide bonds. The van der Waals surface area contributed by atoms with Gasteiger partial charge in [0, 0.05) is 11.5 Å². The standard InChI is InChI=1S/C13H12BrFO3/c14-10-6-8(3-4-11(10)15)12(16)7-1-2-9(5-7)13(17)18/h3-4,6-7,9H,1-2,5H2,(H,17,18). The van der Waals surface area contributed by atoms with Crippen LogP contribution >= 0.6 is 15.9 Å². The van der Waals surface area contributed by atoms with Crippen molar-refractivity contribution in [3.63, 3.8) is 0 Å². The van der Waals surface area contributed by atoms with Crippen molar-refractivity contribution < 1.29 is 19.1 Å². The van der Waals surface area contributed by atoms with E-state index < -0.39 is 17.7 Å². The number of hydrogen-bond donors (Lipinski definition) is 1. The Kier molecular flexibility index (Phi) is 3.80. The van der Waals surface area contributed by atoms with Gasteiger partial charge >= 0.3 is 5.97 Å². The van der Waals surface area contributed by atoms with Crippen molar-refractivity contribution in [1.82, 2.24) is 0 Å². The second kappa shape index (κ2) is 5.18. The van der Waals surface area contributed by atoms with E-state index in [4.69, 9.17) is 5.11 Å². The van der Waals surface area contributed by atoms with Gasteiger partial charge in [-0.1, -0.05) is 0 Å². The summed E-state index contributed by atoms with van der Waals surface area (Å²) < 4.78 is 13.3. The van der Waals surface area contributed by atoms with Crippen LogP contribution in [0.5, 0.6) is 0 Å². The van der Waals surface area contributed by atoms with Crippen LogP contribution in [0, 0.1) is 17.7 Å². The maximum absolute atomic E-state index is 13.1. The number of rotatable bonds is 3. The molecule has 18 heavy (non-hydrogen) atoms. The summed E-state index contributed by atoms with van der Waals surface area (Å²) in [7, 11) is 0. The molecule has 2 atom stereocenters. The average Bonchev–Trinajstić information content (AvgIpc) is 2.81. The van der Waals surface area contributed by atoms with Gasteiger partial charge in [0.15, 0.2) is 5.78 Å². The van der Waals surface area contributed by atoms with Crippen molar-refractivity contribution in [2.24, 2.45) is 11.8 Å². The molecular formula is C13H12BrFO3. The third-order valence-electron chi connectivity index (χ3n) is 3.36. The maximum Gasteiger partial charge on any atom is 0.306 e. The van der Waals surface area contributed by atoms with Crippen molar-refractivity contribution >= 4 is 27.7 Å². The zero-order valence-corrected chi connectivity index (χ0v) is 11.1. The Bertz CT molecular complexity index is 501. The molecule has 3 nitrogen and oxygen atoms in total. The molecule has 0 heterocycles. The number of carbonyl (C=O) groups excluding carboxylic acids is 1. The fourth-order valence-electron chi connectivity index (χ4n) is 2.33. The van der Waals surface area contributed by atoms with Crippen LogP contribution in [0.4, 0.5) is 4.39 Å². The highest BCUT2D eigenvalue weighted by atomic mass is 79.9. The van der Waals surface area contributed by atoms with Crippen molar-refractivity contribution in [3.05, 3.63) is 34.1 Å². The Hall–Kier alpha value is -1.23. The van der Waals surface area contributed by atoms with Crippen molar-refractivity contribution in [3.8, 4) is 0 Å². The average molecular weight is 315 g/mol. The van der Waals surface area contributed by atoms with E-state index in [1.54, 1.807) is 0 Å². The van der Waals surface area contributed by atoms with Gasteiger partial charge in [-0.25, -0.2) is 4.39 Å². The summed E-state index contributed by atoms with van der Waals surface area (Å²) in [6.45, 7) is 0. The lowest BCUT2D eigenvalue weighted by Crippen LogP contribution is -2.14. The monoisotopic (exact) mass is 314 g/mol. The Morgan fingerprint density at radius 3 is 2.50 bits per heavy atom. The molecule has 1 N–H and O–H groups in total. The fraction of sp³-hybridized carbons (Fsp3) is 0.385. The third-order valence-corrected chi connectivity index (χ3v) is 3.96. The number of aliphatic carboxylic acids is 1. The zero-order chi connectivity index (χ0) is 13.3. The van der Waals surface area contributed by atoms with Gasteiger partial charge < -0.3 is 5.11 Å². The van der Waals surface area contributed by atoms with Crippen molar-refractivity contribution in [2.75, 3.05) is 0 Å². The van der Waals surface area contributed by atoms with E-state index in [1.165, 1.54) is 18.2 Å². The second-order valence-electron chi connectivity index (χ2n) is 4.54. The highest BCUT2D eigenvalue weighted by Gasteiger charge is 2.34. The molecule has 96 valence electrons. The van der Waals surface area contributed by atoms with Gasteiger partial charge in [-0.2, -0.15) is 0 Å². The number of carboxylic acid groups (broad SMARTS) is 1. The summed E-state index contributed by atoms with van der Waals surface area (Å²) in [5.41, 5.74) is 0.430. The molecule has 1 aliphatic carbocycles. The number of benzene rings is 1. The molecule has 1 saturated carbocycles. The summed E-state index contributed by atoms with van der Waals surface area (Å²) >= 11 is 3.04. The smallest absolute Gasteiger partial charge is 0.306 e. The Balaban J connectivity index is 2.12. The predicted molar refractivity (Wildman–Crippen MR) is 66.9 cm³/mol. The lowest BCUT2D eigenvalue weighted by molar-refractivity contribution is -0.141. The van der Waals surface area contributed by atoms with E-state index in [0.29, 0.717) is 24.8 Å². The minimum Gasteiger partial charge on any atom is -0.481 e. The highest BCUT2D eigenvalue weighted by molar-refractivity contribution is 9.10. The van der Waals surface area contributed by atoms with Crippen LogP contribution in [0.25, 0.3) is 0 Å². The van der Waals surface area contributed by atoms with E-state index in [1.807, 2.05) is 0 Å². The van der Waals surface area contributed by atoms with Crippen molar-refractivity contribution in [1.29, 1.82) is 0 Å². The lowest BCUT2D eigenvalue weighted by Gasteiger charge is -2.09. The van der Waals surface area contributed by atoms with Crippen LogP contribution in [-0.2, 0) is 4.79 Å². The highest BCUT2D eigenvalue weighted by Crippen LogP contribution is 2.33. The number of carbonyl (C=O) groups is 2. The van der Waals surface area contributed by atoms with Crippen molar-refractivity contribution in [2.45, 2.75) is 19.3 Å². The molecular weight excluding hydrogens is 303 g/mol. The summed E-state index contributed by atoms with van der Waals surface area (Å²) in [4.78, 5) is 23.0. The number of ketones is 1.